The van der Waals surface area contributed by atoms with Gasteiger partial charge < -0.3 is 15.0 Å². The third-order valence-corrected chi connectivity index (χ3v) is 4.20. The molecule has 1 fully saturated rings. The van der Waals surface area contributed by atoms with Crippen molar-refractivity contribution in [2.75, 3.05) is 13.6 Å². The van der Waals surface area contributed by atoms with Crippen LogP contribution in [-0.2, 0) is 0 Å². The van der Waals surface area contributed by atoms with E-state index in [1.807, 2.05) is 38.2 Å². The highest BCUT2D eigenvalue weighted by molar-refractivity contribution is 6.08. The van der Waals surface area contributed by atoms with E-state index < -0.39 is 0 Å². The monoisotopic (exact) mass is 272 g/mol. The molecule has 0 saturated heterocycles. The Balaban J connectivity index is 1.83. The predicted octanol–water partition coefficient (Wildman–Crippen LogP) is 2.32. The number of aliphatic hydroxyl groups is 1. The molecular weight excluding hydrogens is 252 g/mol. The first-order chi connectivity index (χ1) is 9.56. The Kier molecular flexibility index (Phi) is 3.26. The van der Waals surface area contributed by atoms with Gasteiger partial charge in [0.25, 0.3) is 5.91 Å². The number of aryl methyl sites for hydroxylation is 1. The minimum Gasteiger partial charge on any atom is -0.393 e. The standard InChI is InChI=1S/C16H20N2O2/c1-10-15(13-5-3-4-6-14(13)17-10)16(20)18(2)9-11-7-12(19)8-11/h3-6,11-12,17,19H,7-9H2,1-2H3. The second-order valence-corrected chi connectivity index (χ2v) is 5.85. The SMILES string of the molecule is Cc1[nH]c2ccccc2c1C(=O)N(C)CC1CC(O)C1. The second kappa shape index (κ2) is 4.94. The lowest BCUT2D eigenvalue weighted by molar-refractivity contribution is 0.0265. The first-order valence-electron chi connectivity index (χ1n) is 7.07. The Hall–Kier alpha value is -1.81. The first kappa shape index (κ1) is 13.2. The molecule has 106 valence electrons. The van der Waals surface area contributed by atoms with Crippen molar-refractivity contribution in [1.29, 1.82) is 0 Å². The van der Waals surface area contributed by atoms with E-state index in [0.29, 0.717) is 5.92 Å². The third kappa shape index (κ3) is 2.20. The van der Waals surface area contributed by atoms with Gasteiger partial charge in [-0.1, -0.05) is 18.2 Å². The largest absolute Gasteiger partial charge is 0.393 e. The molecule has 0 spiro atoms. The average Bonchev–Trinajstić information content (AvgIpc) is 2.71. The Labute approximate surface area is 118 Å². The van der Waals surface area contributed by atoms with Gasteiger partial charge in [0.15, 0.2) is 0 Å². The van der Waals surface area contributed by atoms with E-state index >= 15 is 0 Å². The minimum absolute atomic E-state index is 0.0568. The van der Waals surface area contributed by atoms with Crippen molar-refractivity contribution in [2.24, 2.45) is 5.92 Å². The zero-order valence-electron chi connectivity index (χ0n) is 11.9. The van der Waals surface area contributed by atoms with Crippen molar-refractivity contribution in [3.63, 3.8) is 0 Å². The molecule has 0 radical (unpaired) electrons. The van der Waals surface area contributed by atoms with E-state index in [4.69, 9.17) is 0 Å². The van der Waals surface area contributed by atoms with Gasteiger partial charge in [0, 0.05) is 30.2 Å². The van der Waals surface area contributed by atoms with Crippen LogP contribution in [0.3, 0.4) is 0 Å². The first-order valence-corrected chi connectivity index (χ1v) is 7.07. The molecule has 1 aromatic carbocycles. The van der Waals surface area contributed by atoms with Crippen LogP contribution in [0.5, 0.6) is 0 Å². The van der Waals surface area contributed by atoms with E-state index in [0.717, 1.165) is 41.5 Å². The fourth-order valence-electron chi connectivity index (χ4n) is 3.06. The van der Waals surface area contributed by atoms with E-state index in [-0.39, 0.29) is 12.0 Å². The number of fused-ring (bicyclic) bond motifs is 1. The number of hydrogen-bond acceptors (Lipinski definition) is 2. The molecule has 0 atom stereocenters. The number of para-hydroxylation sites is 1. The summed E-state index contributed by atoms with van der Waals surface area (Å²) in [6.07, 6.45) is 1.45. The van der Waals surface area contributed by atoms with Crippen molar-refractivity contribution in [3.05, 3.63) is 35.5 Å². The summed E-state index contributed by atoms with van der Waals surface area (Å²) < 4.78 is 0. The highest BCUT2D eigenvalue weighted by Crippen LogP contribution is 2.29. The summed E-state index contributed by atoms with van der Waals surface area (Å²) in [4.78, 5) is 17.7. The van der Waals surface area contributed by atoms with Gasteiger partial charge in [-0.3, -0.25) is 4.79 Å². The van der Waals surface area contributed by atoms with Gasteiger partial charge in [0.2, 0.25) is 0 Å². The van der Waals surface area contributed by atoms with Crippen LogP contribution in [0.1, 0.15) is 28.9 Å². The summed E-state index contributed by atoms with van der Waals surface area (Å²) in [6, 6.07) is 7.88. The number of aromatic amines is 1. The van der Waals surface area contributed by atoms with Crippen LogP contribution in [0.4, 0.5) is 0 Å². The number of aliphatic hydroxyl groups excluding tert-OH is 1. The molecule has 0 unspecified atom stereocenters. The molecule has 1 saturated carbocycles. The number of carbonyl (C=O) groups excluding carboxylic acids is 1. The van der Waals surface area contributed by atoms with E-state index in [2.05, 4.69) is 4.98 Å². The summed E-state index contributed by atoms with van der Waals surface area (Å²) in [7, 11) is 1.84. The van der Waals surface area contributed by atoms with Crippen LogP contribution >= 0.6 is 0 Å². The Bertz CT molecular complexity index is 641. The van der Waals surface area contributed by atoms with Gasteiger partial charge in [0.1, 0.15) is 0 Å². The van der Waals surface area contributed by atoms with Crippen LogP contribution in [-0.4, -0.2) is 40.6 Å². The van der Waals surface area contributed by atoms with Crippen LogP contribution in [0.2, 0.25) is 0 Å². The van der Waals surface area contributed by atoms with Gasteiger partial charge >= 0.3 is 0 Å². The molecule has 20 heavy (non-hydrogen) atoms. The Morgan fingerprint density at radius 3 is 2.80 bits per heavy atom. The number of hydrogen-bond donors (Lipinski definition) is 2. The normalized spacial score (nSPS) is 21.8. The van der Waals surface area contributed by atoms with Crippen molar-refractivity contribution in [1.82, 2.24) is 9.88 Å². The summed E-state index contributed by atoms with van der Waals surface area (Å²) in [5, 5.41) is 10.3. The molecule has 1 aliphatic carbocycles. The average molecular weight is 272 g/mol. The molecule has 2 N–H and O–H groups in total. The quantitative estimate of drug-likeness (QED) is 0.901. The van der Waals surface area contributed by atoms with E-state index in [1.165, 1.54) is 0 Å². The topological polar surface area (TPSA) is 56.3 Å². The molecule has 4 nitrogen and oxygen atoms in total. The molecule has 4 heteroatoms. The number of nitrogens with one attached hydrogen (secondary N) is 1. The maximum absolute atomic E-state index is 12.6. The fourth-order valence-corrected chi connectivity index (χ4v) is 3.06. The number of aromatic nitrogens is 1. The fraction of sp³-hybridized carbons (Fsp3) is 0.438. The number of carbonyl (C=O) groups is 1. The third-order valence-electron chi connectivity index (χ3n) is 4.20. The summed E-state index contributed by atoms with van der Waals surface area (Å²) in [5.74, 6) is 0.491. The van der Waals surface area contributed by atoms with Crippen molar-refractivity contribution < 1.29 is 9.90 Å². The summed E-state index contributed by atoms with van der Waals surface area (Å²) in [6.45, 7) is 2.66. The Morgan fingerprint density at radius 1 is 1.40 bits per heavy atom. The molecule has 1 aliphatic rings. The highest BCUT2D eigenvalue weighted by Gasteiger charge is 2.30. The lowest BCUT2D eigenvalue weighted by atomic mass is 9.82. The molecule has 0 aliphatic heterocycles. The van der Waals surface area contributed by atoms with Gasteiger partial charge in [0.05, 0.1) is 11.7 Å². The smallest absolute Gasteiger partial charge is 0.256 e. The zero-order chi connectivity index (χ0) is 14.3. The lowest BCUT2D eigenvalue weighted by Crippen LogP contribution is -2.39. The van der Waals surface area contributed by atoms with E-state index in [9.17, 15) is 9.90 Å². The molecular formula is C16H20N2O2. The molecule has 3 rings (SSSR count). The second-order valence-electron chi connectivity index (χ2n) is 5.85. The van der Waals surface area contributed by atoms with Crippen LogP contribution in [0.15, 0.2) is 24.3 Å². The number of nitrogens with zero attached hydrogens (tertiary/aromatic N) is 1. The maximum atomic E-state index is 12.6. The lowest BCUT2D eigenvalue weighted by Gasteiger charge is -2.34. The van der Waals surface area contributed by atoms with E-state index in [1.54, 1.807) is 4.90 Å². The van der Waals surface area contributed by atoms with Crippen molar-refractivity contribution in [3.8, 4) is 0 Å². The van der Waals surface area contributed by atoms with Gasteiger partial charge in [-0.25, -0.2) is 0 Å². The van der Waals surface area contributed by atoms with Gasteiger partial charge in [-0.2, -0.15) is 0 Å². The maximum Gasteiger partial charge on any atom is 0.256 e. The molecule has 1 amide bonds. The zero-order valence-corrected chi connectivity index (χ0v) is 11.9. The van der Waals surface area contributed by atoms with Crippen LogP contribution in [0, 0.1) is 12.8 Å². The number of benzene rings is 1. The predicted molar refractivity (Wildman–Crippen MR) is 78.7 cm³/mol. The molecule has 1 heterocycles. The summed E-state index contributed by atoms with van der Waals surface area (Å²) >= 11 is 0. The number of H-pyrrole nitrogens is 1. The highest BCUT2D eigenvalue weighted by atomic mass is 16.3. The number of amides is 1. The molecule has 0 bridgehead atoms. The van der Waals surface area contributed by atoms with Crippen LogP contribution in [0.25, 0.3) is 10.9 Å². The van der Waals surface area contributed by atoms with Crippen molar-refractivity contribution in [2.45, 2.75) is 25.9 Å². The molecule has 1 aromatic heterocycles. The Morgan fingerprint density at radius 2 is 2.10 bits per heavy atom. The number of rotatable bonds is 3. The minimum atomic E-state index is -0.168. The van der Waals surface area contributed by atoms with Gasteiger partial charge in [-0.05, 0) is 31.7 Å². The van der Waals surface area contributed by atoms with Gasteiger partial charge in [-0.15, -0.1) is 0 Å². The molecule has 2 aromatic rings. The van der Waals surface area contributed by atoms with Crippen molar-refractivity contribution >= 4 is 16.8 Å². The van der Waals surface area contributed by atoms with Crippen LogP contribution < -0.4 is 0 Å². The summed E-state index contributed by atoms with van der Waals surface area (Å²) in [5.41, 5.74) is 2.68.